The topological polar surface area (TPSA) is 77.5 Å². The van der Waals surface area contributed by atoms with Crippen LogP contribution in [0.3, 0.4) is 0 Å². The molecule has 0 aromatic carbocycles. The molecule has 2 heterocycles. The first-order valence-corrected chi connectivity index (χ1v) is 7.35. The number of nitrogens with one attached hydrogen (secondary N) is 2. The van der Waals surface area contributed by atoms with Gasteiger partial charge in [-0.05, 0) is 6.42 Å². The number of aromatic nitrogens is 2. The third-order valence-electron chi connectivity index (χ3n) is 3.00. The Balaban J connectivity index is 1.96. The van der Waals surface area contributed by atoms with E-state index in [9.17, 15) is 0 Å². The lowest BCUT2D eigenvalue weighted by atomic mass is 10.3. The molecule has 0 spiro atoms. The number of methoxy groups -OCH3 is 1. The highest BCUT2D eigenvalue weighted by molar-refractivity contribution is 5.47. The Hall–Kier alpha value is -1.44. The molecular formula is C14H24N4O3. The summed E-state index contributed by atoms with van der Waals surface area (Å²) in [6.07, 6.45) is 1.10. The molecule has 0 aliphatic carbocycles. The molecule has 0 bridgehead atoms. The number of nitrogens with zero attached hydrogens (tertiary/aromatic N) is 2. The standard InChI is InChI=1S/C14H24N4O3/c1-3-4-15-12-7-13(18-14(17-12)10-19-2)16-8-11-9-20-5-6-21-11/h7,11H,3-6,8-10H2,1-2H3,(H2,15,16,17,18). The Bertz CT molecular complexity index is 425. The fourth-order valence-corrected chi connectivity index (χ4v) is 2.00. The van der Waals surface area contributed by atoms with Gasteiger partial charge in [-0.2, -0.15) is 0 Å². The molecule has 1 aliphatic heterocycles. The normalized spacial score (nSPS) is 18.5. The first kappa shape index (κ1) is 15.9. The average molecular weight is 296 g/mol. The van der Waals surface area contributed by atoms with Crippen molar-refractivity contribution in [2.24, 2.45) is 0 Å². The Morgan fingerprint density at radius 3 is 2.76 bits per heavy atom. The smallest absolute Gasteiger partial charge is 0.158 e. The van der Waals surface area contributed by atoms with Crippen LogP contribution in [-0.4, -0.2) is 56.1 Å². The highest BCUT2D eigenvalue weighted by atomic mass is 16.6. The van der Waals surface area contributed by atoms with E-state index in [1.807, 2.05) is 6.07 Å². The number of hydrogen-bond donors (Lipinski definition) is 2. The zero-order valence-electron chi connectivity index (χ0n) is 12.7. The molecule has 1 atom stereocenters. The van der Waals surface area contributed by atoms with Crippen LogP contribution < -0.4 is 10.6 Å². The van der Waals surface area contributed by atoms with Crippen LogP contribution in [0.5, 0.6) is 0 Å². The van der Waals surface area contributed by atoms with Crippen LogP contribution in [0.1, 0.15) is 19.2 Å². The van der Waals surface area contributed by atoms with E-state index in [4.69, 9.17) is 14.2 Å². The third-order valence-corrected chi connectivity index (χ3v) is 3.00. The molecule has 0 radical (unpaired) electrons. The third kappa shape index (κ3) is 5.45. The minimum absolute atomic E-state index is 0.0617. The number of rotatable bonds is 8. The average Bonchev–Trinajstić information content (AvgIpc) is 2.52. The van der Waals surface area contributed by atoms with Crippen LogP contribution in [0.25, 0.3) is 0 Å². The van der Waals surface area contributed by atoms with Crippen molar-refractivity contribution < 1.29 is 14.2 Å². The van der Waals surface area contributed by atoms with Crippen molar-refractivity contribution in [1.82, 2.24) is 9.97 Å². The predicted octanol–water partition coefficient (Wildman–Crippen LogP) is 1.27. The lowest BCUT2D eigenvalue weighted by Crippen LogP contribution is -2.34. The van der Waals surface area contributed by atoms with Crippen molar-refractivity contribution >= 4 is 11.6 Å². The number of hydrogen-bond acceptors (Lipinski definition) is 7. The molecule has 0 amide bonds. The summed E-state index contributed by atoms with van der Waals surface area (Å²) in [5.41, 5.74) is 0. The molecule has 2 N–H and O–H groups in total. The molecule has 7 nitrogen and oxygen atoms in total. The molecule has 21 heavy (non-hydrogen) atoms. The summed E-state index contributed by atoms with van der Waals surface area (Å²) in [5.74, 6) is 2.23. The van der Waals surface area contributed by atoms with Gasteiger partial charge in [-0.15, -0.1) is 0 Å². The summed E-state index contributed by atoms with van der Waals surface area (Å²) in [6.45, 7) is 5.98. The number of ether oxygens (including phenoxy) is 3. The minimum atomic E-state index is 0.0617. The maximum Gasteiger partial charge on any atom is 0.158 e. The highest BCUT2D eigenvalue weighted by Crippen LogP contribution is 2.13. The Morgan fingerprint density at radius 2 is 2.10 bits per heavy atom. The van der Waals surface area contributed by atoms with Gasteiger partial charge in [0.1, 0.15) is 18.2 Å². The van der Waals surface area contributed by atoms with Gasteiger partial charge in [0.25, 0.3) is 0 Å². The first-order valence-electron chi connectivity index (χ1n) is 7.35. The van der Waals surface area contributed by atoms with E-state index in [2.05, 4.69) is 27.5 Å². The van der Waals surface area contributed by atoms with Gasteiger partial charge in [-0.1, -0.05) is 6.92 Å². The van der Waals surface area contributed by atoms with E-state index in [1.54, 1.807) is 7.11 Å². The van der Waals surface area contributed by atoms with Crippen molar-refractivity contribution in [3.05, 3.63) is 11.9 Å². The molecule has 0 saturated carbocycles. The first-order chi connectivity index (χ1) is 10.3. The van der Waals surface area contributed by atoms with E-state index in [1.165, 1.54) is 0 Å². The van der Waals surface area contributed by atoms with Crippen LogP contribution >= 0.6 is 0 Å². The summed E-state index contributed by atoms with van der Waals surface area (Å²) < 4.78 is 16.1. The highest BCUT2D eigenvalue weighted by Gasteiger charge is 2.14. The second-order valence-corrected chi connectivity index (χ2v) is 4.86. The molecule has 1 saturated heterocycles. The summed E-state index contributed by atoms with van der Waals surface area (Å²) in [4.78, 5) is 8.84. The summed E-state index contributed by atoms with van der Waals surface area (Å²) in [5, 5.41) is 6.55. The van der Waals surface area contributed by atoms with Gasteiger partial charge in [-0.3, -0.25) is 0 Å². The van der Waals surface area contributed by atoms with Gasteiger partial charge >= 0.3 is 0 Å². The van der Waals surface area contributed by atoms with Crippen molar-refractivity contribution in [2.45, 2.75) is 26.1 Å². The Kier molecular flexibility index (Phi) is 6.65. The summed E-state index contributed by atoms with van der Waals surface area (Å²) >= 11 is 0. The maximum absolute atomic E-state index is 5.60. The van der Waals surface area contributed by atoms with E-state index in [0.29, 0.717) is 38.8 Å². The van der Waals surface area contributed by atoms with E-state index >= 15 is 0 Å². The fraction of sp³-hybridized carbons (Fsp3) is 0.714. The Morgan fingerprint density at radius 1 is 1.29 bits per heavy atom. The van der Waals surface area contributed by atoms with E-state index in [0.717, 1.165) is 24.6 Å². The molecule has 1 unspecified atom stereocenters. The second kappa shape index (κ2) is 8.76. The quantitative estimate of drug-likeness (QED) is 0.748. The molecular weight excluding hydrogens is 272 g/mol. The molecule has 1 aromatic rings. The molecule has 1 aliphatic rings. The van der Waals surface area contributed by atoms with Gasteiger partial charge in [0.05, 0.1) is 25.9 Å². The van der Waals surface area contributed by atoms with Crippen LogP contribution in [0.2, 0.25) is 0 Å². The van der Waals surface area contributed by atoms with Crippen LogP contribution in [0.4, 0.5) is 11.6 Å². The second-order valence-electron chi connectivity index (χ2n) is 4.86. The molecule has 118 valence electrons. The van der Waals surface area contributed by atoms with Gasteiger partial charge in [-0.25, -0.2) is 9.97 Å². The van der Waals surface area contributed by atoms with Crippen LogP contribution in [0, 0.1) is 0 Å². The van der Waals surface area contributed by atoms with Crippen LogP contribution in [-0.2, 0) is 20.8 Å². The van der Waals surface area contributed by atoms with Crippen LogP contribution in [0.15, 0.2) is 6.07 Å². The Labute approximate surface area is 125 Å². The summed E-state index contributed by atoms with van der Waals surface area (Å²) in [7, 11) is 1.63. The predicted molar refractivity (Wildman–Crippen MR) is 80.6 cm³/mol. The molecule has 1 aromatic heterocycles. The van der Waals surface area contributed by atoms with E-state index < -0.39 is 0 Å². The van der Waals surface area contributed by atoms with Gasteiger partial charge in [0.15, 0.2) is 5.82 Å². The summed E-state index contributed by atoms with van der Waals surface area (Å²) in [6, 6.07) is 1.90. The minimum Gasteiger partial charge on any atom is -0.377 e. The van der Waals surface area contributed by atoms with Gasteiger partial charge in [0, 0.05) is 26.3 Å². The van der Waals surface area contributed by atoms with Gasteiger partial charge < -0.3 is 24.8 Å². The largest absolute Gasteiger partial charge is 0.377 e. The SMILES string of the molecule is CCCNc1cc(NCC2COCCO2)nc(COC)n1. The van der Waals surface area contributed by atoms with E-state index in [-0.39, 0.29) is 6.10 Å². The lowest BCUT2D eigenvalue weighted by molar-refractivity contribution is -0.0819. The lowest BCUT2D eigenvalue weighted by Gasteiger charge is -2.23. The maximum atomic E-state index is 5.60. The molecule has 7 heteroatoms. The van der Waals surface area contributed by atoms with Crippen molar-refractivity contribution in [3.8, 4) is 0 Å². The molecule has 1 fully saturated rings. The fourth-order valence-electron chi connectivity index (χ4n) is 2.00. The zero-order valence-corrected chi connectivity index (χ0v) is 12.7. The number of anilines is 2. The zero-order chi connectivity index (χ0) is 14.9. The van der Waals surface area contributed by atoms with Crippen molar-refractivity contribution in [2.75, 3.05) is 50.7 Å². The monoisotopic (exact) mass is 296 g/mol. The van der Waals surface area contributed by atoms with Crippen molar-refractivity contribution in [3.63, 3.8) is 0 Å². The van der Waals surface area contributed by atoms with Gasteiger partial charge in [0.2, 0.25) is 0 Å². The van der Waals surface area contributed by atoms with Crippen molar-refractivity contribution in [1.29, 1.82) is 0 Å². The molecule has 2 rings (SSSR count).